The lowest BCUT2D eigenvalue weighted by Crippen LogP contribution is -2.77. The van der Waals surface area contributed by atoms with Gasteiger partial charge in [-0.15, -0.1) is 0 Å². The van der Waals surface area contributed by atoms with Gasteiger partial charge in [0.1, 0.15) is 12.2 Å². The zero-order valence-corrected chi connectivity index (χ0v) is 25.9. The van der Waals surface area contributed by atoms with Gasteiger partial charge in [-0.05, 0) is 40.8 Å². The number of fused-ring (bicyclic) bond motifs is 3. The molecule has 6 atom stereocenters. The molecule has 8 nitrogen and oxygen atoms in total. The molecule has 5 saturated heterocycles. The quantitative estimate of drug-likeness (QED) is 0.256. The van der Waals surface area contributed by atoms with Gasteiger partial charge in [0, 0.05) is 12.8 Å². The monoisotopic (exact) mass is 638 g/mol. The predicted molar refractivity (Wildman–Crippen MR) is 170 cm³/mol. The fourth-order valence-corrected chi connectivity index (χ4v) is 11.2. The Morgan fingerprint density at radius 1 is 0.733 bits per heavy atom. The summed E-state index contributed by atoms with van der Waals surface area (Å²) in [6, 6.07) is 17.7. The van der Waals surface area contributed by atoms with Gasteiger partial charge in [-0.2, -0.15) is 0 Å². The Balaban J connectivity index is 1.09. The Morgan fingerprint density at radius 3 is 1.82 bits per heavy atom. The van der Waals surface area contributed by atoms with Crippen LogP contribution in [0.15, 0.2) is 108 Å². The van der Waals surface area contributed by atoms with E-state index in [4.69, 9.17) is 9.47 Å². The minimum absolute atomic E-state index is 0.116. The van der Waals surface area contributed by atoms with E-state index < -0.39 is 34.0 Å². The van der Waals surface area contributed by atoms with Gasteiger partial charge in [0.2, 0.25) is 0 Å². The average molecular weight is 639 g/mol. The summed E-state index contributed by atoms with van der Waals surface area (Å²) in [5.74, 6) is -1.10. The predicted octanol–water partition coefficient (Wildman–Crippen LogP) is 4.68. The SMILES string of the molecule is O=C(Cc1ccccc1)O[C@H]1C=CC=C2C[C@@]34SS[C@]5(CC6=CCC=C[C@H](OC(=O)Cc7ccccc7)[C@H]6N5C3=O)C(=O)N4[C@@H]21. The molecule has 2 aliphatic carbocycles. The van der Waals surface area contributed by atoms with Crippen LogP contribution in [0.4, 0.5) is 0 Å². The third-order valence-electron chi connectivity index (χ3n) is 9.40. The first kappa shape index (κ1) is 28.5. The van der Waals surface area contributed by atoms with Crippen molar-refractivity contribution >= 4 is 45.3 Å². The highest BCUT2D eigenvalue weighted by Gasteiger charge is 2.77. The minimum Gasteiger partial charge on any atom is -0.455 e. The number of piperazine rings is 1. The van der Waals surface area contributed by atoms with E-state index in [0.717, 1.165) is 22.3 Å². The molecule has 0 aromatic heterocycles. The Hall–Kier alpha value is -4.02. The second-order valence-corrected chi connectivity index (χ2v) is 14.8. The number of amides is 2. The lowest BCUT2D eigenvalue weighted by molar-refractivity contribution is -0.172. The summed E-state index contributed by atoms with van der Waals surface area (Å²) < 4.78 is 12.1. The van der Waals surface area contributed by atoms with Crippen LogP contribution in [0, 0.1) is 0 Å². The molecule has 0 saturated carbocycles. The van der Waals surface area contributed by atoms with Gasteiger partial charge in [0.15, 0.2) is 9.74 Å². The van der Waals surface area contributed by atoms with Crippen molar-refractivity contribution in [3.8, 4) is 0 Å². The molecule has 5 fully saturated rings. The van der Waals surface area contributed by atoms with Crippen molar-refractivity contribution in [3.63, 3.8) is 0 Å². The molecule has 2 bridgehead atoms. The normalized spacial score (nSPS) is 32.2. The average Bonchev–Trinajstić information content (AvgIpc) is 3.50. The topological polar surface area (TPSA) is 93.2 Å². The first-order valence-electron chi connectivity index (χ1n) is 15.1. The Morgan fingerprint density at radius 2 is 1.24 bits per heavy atom. The fourth-order valence-electron chi connectivity index (χ4n) is 7.49. The summed E-state index contributed by atoms with van der Waals surface area (Å²) in [4.78, 5) is 56.7. The molecule has 2 spiro atoms. The van der Waals surface area contributed by atoms with Crippen LogP contribution in [0.1, 0.15) is 30.4 Å². The van der Waals surface area contributed by atoms with E-state index in [0.29, 0.717) is 19.3 Å². The number of nitrogens with zero attached hydrogens (tertiary/aromatic N) is 2. The van der Waals surface area contributed by atoms with Gasteiger partial charge in [0.25, 0.3) is 11.8 Å². The van der Waals surface area contributed by atoms with E-state index in [1.807, 2.05) is 85.0 Å². The zero-order valence-electron chi connectivity index (χ0n) is 24.2. The maximum Gasteiger partial charge on any atom is 0.310 e. The molecule has 0 unspecified atom stereocenters. The number of esters is 2. The zero-order chi connectivity index (χ0) is 30.8. The van der Waals surface area contributed by atoms with Crippen LogP contribution in [0.3, 0.4) is 0 Å². The molecular weight excluding hydrogens is 609 g/mol. The molecule has 45 heavy (non-hydrogen) atoms. The first-order chi connectivity index (χ1) is 21.9. The number of carbonyl (C=O) groups excluding carboxylic acids is 4. The molecule has 10 heteroatoms. The number of ether oxygens (including phenoxy) is 2. The van der Waals surface area contributed by atoms with E-state index in [9.17, 15) is 19.2 Å². The van der Waals surface area contributed by atoms with Crippen molar-refractivity contribution in [3.05, 3.63) is 119 Å². The highest BCUT2D eigenvalue weighted by molar-refractivity contribution is 8.78. The number of allylic oxidation sites excluding steroid dienone is 4. The second-order valence-electron chi connectivity index (χ2n) is 12.1. The summed E-state index contributed by atoms with van der Waals surface area (Å²) in [7, 11) is 2.87. The van der Waals surface area contributed by atoms with Crippen LogP contribution in [0.5, 0.6) is 0 Å². The molecule has 5 heterocycles. The highest BCUT2D eigenvalue weighted by atomic mass is 33.1. The smallest absolute Gasteiger partial charge is 0.310 e. The van der Waals surface area contributed by atoms with E-state index in [1.54, 1.807) is 15.9 Å². The maximum absolute atomic E-state index is 14.8. The van der Waals surface area contributed by atoms with E-state index in [-0.39, 0.29) is 36.6 Å². The van der Waals surface area contributed by atoms with Gasteiger partial charge in [0.05, 0.1) is 24.9 Å². The first-order valence-corrected chi connectivity index (χ1v) is 17.3. The van der Waals surface area contributed by atoms with Crippen molar-refractivity contribution < 1.29 is 28.7 Å². The number of carbonyl (C=O) groups is 4. The van der Waals surface area contributed by atoms with Crippen molar-refractivity contribution in [2.45, 2.75) is 66.1 Å². The minimum atomic E-state index is -1.18. The largest absolute Gasteiger partial charge is 0.455 e. The van der Waals surface area contributed by atoms with Crippen molar-refractivity contribution in [2.24, 2.45) is 0 Å². The van der Waals surface area contributed by atoms with Gasteiger partial charge < -0.3 is 19.3 Å². The number of benzene rings is 2. The third kappa shape index (κ3) is 4.44. The summed E-state index contributed by atoms with van der Waals surface area (Å²) >= 11 is 0. The summed E-state index contributed by atoms with van der Waals surface area (Å²) in [5.41, 5.74) is 3.51. The third-order valence-corrected chi connectivity index (χ3v) is 13.0. The summed E-state index contributed by atoms with van der Waals surface area (Å²) in [6.45, 7) is 0. The Bertz CT molecular complexity index is 1720. The lowest BCUT2D eigenvalue weighted by atomic mass is 9.96. The fraction of sp³-hybridized carbons (Fsp3) is 0.314. The van der Waals surface area contributed by atoms with Crippen LogP contribution < -0.4 is 0 Å². The van der Waals surface area contributed by atoms with Crippen LogP contribution in [-0.2, 0) is 41.5 Å². The Kier molecular flexibility index (Phi) is 6.83. The highest BCUT2D eigenvalue weighted by Crippen LogP contribution is 2.69. The molecular formula is C35H30N2O6S2. The van der Waals surface area contributed by atoms with E-state index in [1.165, 1.54) is 21.6 Å². The molecule has 5 aliphatic heterocycles. The van der Waals surface area contributed by atoms with Crippen LogP contribution in [0.2, 0.25) is 0 Å². The second kappa shape index (κ2) is 10.8. The van der Waals surface area contributed by atoms with Gasteiger partial charge in [-0.25, -0.2) is 0 Å². The standard InChI is InChI=1S/C35H30N2O6S2/c38-28(18-22-10-3-1-4-11-22)42-26-16-8-7-14-24-20-34-32(40)37-31-25(21-35(37,45-44-34)33(41)36(34)30(24)26)15-9-17-27(31)43-29(39)19-23-12-5-2-6-13-23/h1-6,8-17,26-27,30-31H,7,18-21H2/t26-,27-,30-,31-,34+,35+/m0/s1. The van der Waals surface area contributed by atoms with Crippen LogP contribution in [-0.4, -0.2) is 67.6 Å². The van der Waals surface area contributed by atoms with Gasteiger partial charge >= 0.3 is 11.9 Å². The Labute approximate surface area is 268 Å². The molecule has 2 amide bonds. The van der Waals surface area contributed by atoms with Gasteiger partial charge in [-0.1, -0.05) is 107 Å². The molecule has 9 rings (SSSR count). The van der Waals surface area contributed by atoms with E-state index >= 15 is 0 Å². The molecule has 2 aromatic carbocycles. The maximum atomic E-state index is 14.8. The molecule has 2 aromatic rings. The molecule has 0 radical (unpaired) electrons. The summed E-state index contributed by atoms with van der Waals surface area (Å²) in [6.07, 6.45) is 11.6. The molecule has 228 valence electrons. The summed E-state index contributed by atoms with van der Waals surface area (Å²) in [5, 5.41) is 0. The van der Waals surface area contributed by atoms with E-state index in [2.05, 4.69) is 6.08 Å². The van der Waals surface area contributed by atoms with Gasteiger partial charge in [-0.3, -0.25) is 19.2 Å². The van der Waals surface area contributed by atoms with Crippen molar-refractivity contribution in [2.75, 3.05) is 0 Å². The van der Waals surface area contributed by atoms with Crippen LogP contribution >= 0.6 is 21.6 Å². The van der Waals surface area contributed by atoms with Crippen molar-refractivity contribution in [1.29, 1.82) is 0 Å². The molecule has 7 aliphatic rings. The number of hydrogen-bond donors (Lipinski definition) is 0. The number of rotatable bonds is 6. The molecule has 0 N–H and O–H groups in total. The number of hydrogen-bond acceptors (Lipinski definition) is 8. The lowest BCUT2D eigenvalue weighted by Gasteiger charge is -2.58. The van der Waals surface area contributed by atoms with Crippen molar-refractivity contribution in [1.82, 2.24) is 9.80 Å². The van der Waals surface area contributed by atoms with Crippen LogP contribution in [0.25, 0.3) is 0 Å².